The first kappa shape index (κ1) is 16.1. The first-order valence-electron chi connectivity index (χ1n) is 6.55. The third-order valence-electron chi connectivity index (χ3n) is 2.81. The second-order valence-corrected chi connectivity index (χ2v) is 5.28. The number of carbonyl (C=O) groups is 2. The number of aromatic nitrogens is 1. The summed E-state index contributed by atoms with van der Waals surface area (Å²) in [6.07, 6.45) is 2.53. The average molecular weight is 322 g/mol. The molecule has 2 rings (SSSR count). The smallest absolute Gasteiger partial charge is 0.357 e. The van der Waals surface area contributed by atoms with Crippen molar-refractivity contribution in [3.8, 4) is 6.07 Å². The standard InChI is InChI=1S/C14H14N2O5S/c1-3-19-12(18)11-7-22-13(16-11)14(8-15)5-4-10(6-20-14)21-9(2)17/h4-5,7,10H,3,6H2,1-2H3/t10-,14+/m1/s1. The molecule has 0 bridgehead atoms. The van der Waals surface area contributed by atoms with Gasteiger partial charge in [0, 0.05) is 12.3 Å². The van der Waals surface area contributed by atoms with Crippen LogP contribution in [0.1, 0.15) is 29.3 Å². The summed E-state index contributed by atoms with van der Waals surface area (Å²) in [7, 11) is 0. The van der Waals surface area contributed by atoms with Gasteiger partial charge in [0.15, 0.2) is 5.69 Å². The van der Waals surface area contributed by atoms with Gasteiger partial charge in [-0.25, -0.2) is 9.78 Å². The molecule has 0 amide bonds. The van der Waals surface area contributed by atoms with E-state index in [1.807, 2.05) is 6.07 Å². The summed E-state index contributed by atoms with van der Waals surface area (Å²) >= 11 is 1.13. The number of hydrogen-bond donors (Lipinski definition) is 0. The van der Waals surface area contributed by atoms with Crippen LogP contribution in [0.2, 0.25) is 0 Å². The minimum Gasteiger partial charge on any atom is -0.461 e. The fourth-order valence-corrected chi connectivity index (χ4v) is 2.71. The highest BCUT2D eigenvalue weighted by Crippen LogP contribution is 2.33. The number of thiazole rings is 1. The lowest BCUT2D eigenvalue weighted by molar-refractivity contribution is -0.149. The van der Waals surface area contributed by atoms with Crippen molar-refractivity contribution in [3.05, 3.63) is 28.2 Å². The molecule has 2 heterocycles. The first-order valence-corrected chi connectivity index (χ1v) is 7.43. The fraction of sp³-hybridized carbons (Fsp3) is 0.429. The summed E-state index contributed by atoms with van der Waals surface area (Å²) in [5.41, 5.74) is -1.25. The predicted octanol–water partition coefficient (Wildman–Crippen LogP) is 1.56. The molecule has 22 heavy (non-hydrogen) atoms. The summed E-state index contributed by atoms with van der Waals surface area (Å²) in [6.45, 7) is 3.28. The highest BCUT2D eigenvalue weighted by molar-refractivity contribution is 7.10. The topological polar surface area (TPSA) is 98.5 Å². The monoisotopic (exact) mass is 322 g/mol. The maximum Gasteiger partial charge on any atom is 0.357 e. The number of nitriles is 1. The lowest BCUT2D eigenvalue weighted by atomic mass is 10.0. The molecular formula is C14H14N2O5S. The molecule has 8 heteroatoms. The van der Waals surface area contributed by atoms with Crippen LogP contribution < -0.4 is 0 Å². The van der Waals surface area contributed by atoms with E-state index in [-0.39, 0.29) is 18.9 Å². The van der Waals surface area contributed by atoms with E-state index >= 15 is 0 Å². The van der Waals surface area contributed by atoms with E-state index in [2.05, 4.69) is 4.98 Å². The van der Waals surface area contributed by atoms with Crippen molar-refractivity contribution >= 4 is 23.3 Å². The molecular weight excluding hydrogens is 308 g/mol. The molecule has 0 spiro atoms. The first-order chi connectivity index (χ1) is 10.5. The van der Waals surface area contributed by atoms with Crippen LogP contribution in [0, 0.1) is 11.3 Å². The van der Waals surface area contributed by atoms with Crippen molar-refractivity contribution in [1.82, 2.24) is 4.98 Å². The van der Waals surface area contributed by atoms with E-state index in [0.29, 0.717) is 5.01 Å². The van der Waals surface area contributed by atoms with Gasteiger partial charge in [0.05, 0.1) is 13.2 Å². The van der Waals surface area contributed by atoms with Crippen LogP contribution in [0.25, 0.3) is 0 Å². The van der Waals surface area contributed by atoms with Gasteiger partial charge in [-0.2, -0.15) is 5.26 Å². The van der Waals surface area contributed by atoms with E-state index in [4.69, 9.17) is 14.2 Å². The van der Waals surface area contributed by atoms with Crippen LogP contribution in [0.3, 0.4) is 0 Å². The third-order valence-corrected chi connectivity index (χ3v) is 3.77. The number of rotatable bonds is 4. The van der Waals surface area contributed by atoms with Gasteiger partial charge >= 0.3 is 11.9 Å². The van der Waals surface area contributed by atoms with Gasteiger partial charge < -0.3 is 14.2 Å². The molecule has 1 aliphatic rings. The van der Waals surface area contributed by atoms with Gasteiger partial charge in [-0.3, -0.25) is 4.79 Å². The van der Waals surface area contributed by atoms with Crippen LogP contribution >= 0.6 is 11.3 Å². The molecule has 2 atom stereocenters. The van der Waals surface area contributed by atoms with Crippen molar-refractivity contribution in [2.45, 2.75) is 25.6 Å². The molecule has 1 aliphatic heterocycles. The Bertz CT molecular complexity index is 648. The molecule has 0 unspecified atom stereocenters. The Morgan fingerprint density at radius 1 is 1.64 bits per heavy atom. The zero-order chi connectivity index (χ0) is 16.2. The summed E-state index contributed by atoms with van der Waals surface area (Å²) in [4.78, 5) is 26.7. The fourth-order valence-electron chi connectivity index (χ4n) is 1.84. The molecule has 116 valence electrons. The lowest BCUT2D eigenvalue weighted by Crippen LogP contribution is -2.35. The van der Waals surface area contributed by atoms with Gasteiger partial charge in [-0.05, 0) is 19.1 Å². The van der Waals surface area contributed by atoms with Gasteiger partial charge in [0.25, 0.3) is 0 Å². The van der Waals surface area contributed by atoms with E-state index in [0.717, 1.165) is 11.3 Å². The molecule has 0 N–H and O–H groups in total. The molecule has 0 saturated carbocycles. The van der Waals surface area contributed by atoms with Crippen LogP contribution in [-0.2, 0) is 24.6 Å². The van der Waals surface area contributed by atoms with E-state index < -0.39 is 23.6 Å². The Balaban J connectivity index is 2.21. The van der Waals surface area contributed by atoms with E-state index in [9.17, 15) is 14.9 Å². The Morgan fingerprint density at radius 3 is 2.95 bits per heavy atom. The molecule has 1 aromatic rings. The van der Waals surface area contributed by atoms with Gasteiger partial charge in [-0.1, -0.05) is 0 Å². The molecule has 0 saturated heterocycles. The average Bonchev–Trinajstić information content (AvgIpc) is 2.98. The zero-order valence-corrected chi connectivity index (χ0v) is 12.9. The summed E-state index contributed by atoms with van der Waals surface area (Å²) < 4.78 is 15.4. The normalized spacial score (nSPS) is 23.6. The minimum atomic E-state index is -1.38. The third kappa shape index (κ3) is 3.32. The van der Waals surface area contributed by atoms with Crippen molar-refractivity contribution in [3.63, 3.8) is 0 Å². The summed E-state index contributed by atoms with van der Waals surface area (Å²) in [6, 6.07) is 2.04. The Kier molecular flexibility index (Phi) is 4.90. The van der Waals surface area contributed by atoms with E-state index in [1.54, 1.807) is 13.0 Å². The number of nitrogens with zero attached hydrogens (tertiary/aromatic N) is 2. The molecule has 7 nitrogen and oxygen atoms in total. The van der Waals surface area contributed by atoms with Crippen LogP contribution in [-0.4, -0.2) is 36.2 Å². The zero-order valence-electron chi connectivity index (χ0n) is 12.1. The molecule has 0 aliphatic carbocycles. The molecule has 0 radical (unpaired) electrons. The Labute approximate surface area is 131 Å². The molecule has 0 aromatic carbocycles. The van der Waals surface area contributed by atoms with Crippen molar-refractivity contribution in [2.24, 2.45) is 0 Å². The SMILES string of the molecule is CCOC(=O)c1csc([C@@]2(C#N)C=C[C@@H](OC(C)=O)CO2)n1. The number of hydrogen-bond acceptors (Lipinski definition) is 8. The van der Waals surface area contributed by atoms with Gasteiger partial charge in [0.1, 0.15) is 17.2 Å². The lowest BCUT2D eigenvalue weighted by Gasteiger charge is -2.28. The predicted molar refractivity (Wildman–Crippen MR) is 76.0 cm³/mol. The summed E-state index contributed by atoms with van der Waals surface area (Å²) in [5.74, 6) is -0.975. The highest BCUT2D eigenvalue weighted by atomic mass is 32.1. The van der Waals surface area contributed by atoms with Crippen LogP contribution in [0.15, 0.2) is 17.5 Å². The van der Waals surface area contributed by atoms with Gasteiger partial charge in [-0.15, -0.1) is 11.3 Å². The molecule has 0 fully saturated rings. The molecule has 1 aromatic heterocycles. The number of carbonyl (C=O) groups excluding carboxylic acids is 2. The summed E-state index contributed by atoms with van der Waals surface area (Å²) in [5, 5.41) is 11.3. The second-order valence-electron chi connectivity index (χ2n) is 4.42. The maximum absolute atomic E-state index is 11.6. The Morgan fingerprint density at radius 2 is 2.41 bits per heavy atom. The van der Waals surface area contributed by atoms with E-state index in [1.165, 1.54) is 18.4 Å². The number of esters is 2. The van der Waals surface area contributed by atoms with Crippen molar-refractivity contribution in [2.75, 3.05) is 13.2 Å². The Hall–Kier alpha value is -2.24. The van der Waals surface area contributed by atoms with Crippen LogP contribution in [0.4, 0.5) is 0 Å². The van der Waals surface area contributed by atoms with Gasteiger partial charge in [0.2, 0.25) is 5.60 Å². The van der Waals surface area contributed by atoms with Crippen molar-refractivity contribution < 1.29 is 23.8 Å². The maximum atomic E-state index is 11.6. The highest BCUT2D eigenvalue weighted by Gasteiger charge is 2.38. The number of ether oxygens (including phenoxy) is 3. The largest absolute Gasteiger partial charge is 0.461 e. The minimum absolute atomic E-state index is 0.0396. The quantitative estimate of drug-likeness (QED) is 0.612. The van der Waals surface area contributed by atoms with Crippen LogP contribution in [0.5, 0.6) is 0 Å². The van der Waals surface area contributed by atoms with Crippen molar-refractivity contribution in [1.29, 1.82) is 5.26 Å². The second kappa shape index (κ2) is 6.68.